The third-order valence-corrected chi connectivity index (χ3v) is 5.06. The molecule has 6 heteroatoms. The van der Waals surface area contributed by atoms with Gasteiger partial charge < -0.3 is 5.32 Å². The number of amides is 1. The molecule has 25 heavy (non-hydrogen) atoms. The van der Waals surface area contributed by atoms with Crippen molar-refractivity contribution >= 4 is 21.8 Å². The molecule has 1 heterocycles. The molecule has 1 aliphatic carbocycles. The summed E-state index contributed by atoms with van der Waals surface area (Å²) < 4.78 is 2.79. The molecule has 5 nitrogen and oxygen atoms in total. The monoisotopic (exact) mass is 396 g/mol. The molecule has 0 spiro atoms. The highest BCUT2D eigenvalue weighted by molar-refractivity contribution is 9.10. The molecule has 0 saturated heterocycles. The van der Waals surface area contributed by atoms with Crippen molar-refractivity contribution in [2.24, 2.45) is 0 Å². The second-order valence-electron chi connectivity index (χ2n) is 6.33. The maximum absolute atomic E-state index is 12.6. The minimum Gasteiger partial charge on any atom is -0.343 e. The van der Waals surface area contributed by atoms with Crippen LogP contribution in [0, 0.1) is 0 Å². The Kier molecular flexibility index (Phi) is 4.13. The summed E-state index contributed by atoms with van der Waals surface area (Å²) in [6, 6.07) is 15.8. The maximum atomic E-state index is 12.6. The van der Waals surface area contributed by atoms with E-state index in [2.05, 4.69) is 43.5 Å². The Hall–Kier alpha value is -2.47. The fourth-order valence-corrected chi connectivity index (χ4v) is 3.20. The molecule has 1 aliphatic rings. The second kappa shape index (κ2) is 6.44. The average Bonchev–Trinajstić information content (AvgIpc) is 3.21. The molecule has 1 fully saturated rings. The molecule has 0 bridgehead atoms. The van der Waals surface area contributed by atoms with Crippen LogP contribution < -0.4 is 5.32 Å². The molecule has 1 saturated carbocycles. The number of nitrogens with one attached hydrogen (secondary N) is 1. The molecule has 1 amide bonds. The van der Waals surface area contributed by atoms with E-state index in [1.165, 1.54) is 6.33 Å². The van der Waals surface area contributed by atoms with Crippen LogP contribution in [0.25, 0.3) is 0 Å². The molecule has 0 aliphatic heterocycles. The van der Waals surface area contributed by atoms with Crippen molar-refractivity contribution in [3.05, 3.63) is 82.3 Å². The van der Waals surface area contributed by atoms with Crippen molar-refractivity contribution in [3.8, 4) is 0 Å². The highest BCUT2D eigenvalue weighted by Crippen LogP contribution is 2.45. The first kappa shape index (κ1) is 16.0. The first-order chi connectivity index (χ1) is 12.1. The van der Waals surface area contributed by atoms with E-state index in [4.69, 9.17) is 0 Å². The van der Waals surface area contributed by atoms with Crippen molar-refractivity contribution in [3.63, 3.8) is 0 Å². The number of benzene rings is 2. The fourth-order valence-electron chi connectivity index (χ4n) is 2.93. The zero-order valence-electron chi connectivity index (χ0n) is 13.5. The van der Waals surface area contributed by atoms with E-state index in [-0.39, 0.29) is 11.4 Å². The van der Waals surface area contributed by atoms with Gasteiger partial charge in [-0.2, -0.15) is 5.10 Å². The van der Waals surface area contributed by atoms with E-state index < -0.39 is 0 Å². The lowest BCUT2D eigenvalue weighted by Crippen LogP contribution is -2.34. The zero-order chi connectivity index (χ0) is 17.3. The third kappa shape index (κ3) is 3.49. The smallest absolute Gasteiger partial charge is 0.251 e. The molecule has 126 valence electrons. The zero-order valence-corrected chi connectivity index (χ0v) is 15.1. The molecule has 1 N–H and O–H groups in total. The number of nitrogens with zero attached hydrogens (tertiary/aromatic N) is 3. The summed E-state index contributed by atoms with van der Waals surface area (Å²) in [6.45, 7) is 0.644. The lowest BCUT2D eigenvalue weighted by atomic mass is 10.0. The van der Waals surface area contributed by atoms with Crippen LogP contribution in [0.4, 0.5) is 0 Å². The molecule has 0 unspecified atom stereocenters. The van der Waals surface area contributed by atoms with Gasteiger partial charge in [-0.05, 0) is 48.2 Å². The molecule has 3 aromatic rings. The molecular formula is C19H17BrN4O. The third-order valence-electron chi connectivity index (χ3n) is 4.53. The normalized spacial score (nSPS) is 14.9. The van der Waals surface area contributed by atoms with Gasteiger partial charge in [0.2, 0.25) is 0 Å². The number of hydrogen-bond donors (Lipinski definition) is 1. The van der Waals surface area contributed by atoms with Crippen LogP contribution in [0.1, 0.15) is 34.3 Å². The maximum Gasteiger partial charge on any atom is 0.251 e. The molecule has 2 aromatic carbocycles. The molecule has 0 atom stereocenters. The van der Waals surface area contributed by atoms with Crippen LogP contribution in [-0.4, -0.2) is 20.7 Å². The summed E-state index contributed by atoms with van der Waals surface area (Å²) in [6.07, 6.45) is 5.14. The van der Waals surface area contributed by atoms with Crippen LogP contribution in [0.3, 0.4) is 0 Å². The van der Waals surface area contributed by atoms with Crippen LogP contribution in [-0.2, 0) is 12.1 Å². The Labute approximate surface area is 154 Å². The van der Waals surface area contributed by atoms with E-state index in [1.54, 1.807) is 11.0 Å². The Bertz CT molecular complexity index is 869. The van der Waals surface area contributed by atoms with Gasteiger partial charge in [-0.15, -0.1) is 0 Å². The largest absolute Gasteiger partial charge is 0.343 e. The Morgan fingerprint density at radius 3 is 2.44 bits per heavy atom. The van der Waals surface area contributed by atoms with Gasteiger partial charge in [-0.3, -0.25) is 4.79 Å². The van der Waals surface area contributed by atoms with Gasteiger partial charge in [0.1, 0.15) is 12.7 Å². The van der Waals surface area contributed by atoms with Gasteiger partial charge in [-0.1, -0.05) is 40.2 Å². The molecular weight excluding hydrogens is 380 g/mol. The number of hydrogen-bond acceptors (Lipinski definition) is 3. The highest BCUT2D eigenvalue weighted by Gasteiger charge is 2.45. The molecule has 1 aromatic heterocycles. The van der Waals surface area contributed by atoms with Crippen LogP contribution in [0.2, 0.25) is 0 Å². The number of carbonyl (C=O) groups is 1. The Morgan fingerprint density at radius 2 is 1.84 bits per heavy atom. The fraction of sp³-hybridized carbons (Fsp3) is 0.211. The lowest BCUT2D eigenvalue weighted by molar-refractivity contribution is 0.0931. The van der Waals surface area contributed by atoms with Crippen molar-refractivity contribution in [1.82, 2.24) is 20.1 Å². The van der Waals surface area contributed by atoms with Gasteiger partial charge in [0.15, 0.2) is 0 Å². The number of carbonyl (C=O) groups excluding carboxylic acids is 1. The standard InChI is InChI=1S/C19H17BrN4O/c20-17-7-5-16(6-8-17)19(9-10-19)23-18(25)15-3-1-14(2-4-15)11-24-13-21-12-22-24/h1-8,12-13H,9-11H2,(H,23,25). The minimum atomic E-state index is -0.211. The Balaban J connectivity index is 1.45. The average molecular weight is 397 g/mol. The number of aromatic nitrogens is 3. The lowest BCUT2D eigenvalue weighted by Gasteiger charge is -2.18. The second-order valence-corrected chi connectivity index (χ2v) is 7.25. The first-order valence-electron chi connectivity index (χ1n) is 8.15. The van der Waals surface area contributed by atoms with E-state index in [0.29, 0.717) is 12.1 Å². The topological polar surface area (TPSA) is 59.8 Å². The summed E-state index contributed by atoms with van der Waals surface area (Å²) in [5, 5.41) is 7.29. The van der Waals surface area contributed by atoms with Crippen LogP contribution in [0.15, 0.2) is 65.7 Å². The van der Waals surface area contributed by atoms with E-state index >= 15 is 0 Å². The molecule has 0 radical (unpaired) electrons. The summed E-state index contributed by atoms with van der Waals surface area (Å²) in [4.78, 5) is 16.6. The summed E-state index contributed by atoms with van der Waals surface area (Å²) in [5.41, 5.74) is 2.70. The minimum absolute atomic E-state index is 0.0345. The summed E-state index contributed by atoms with van der Waals surface area (Å²) in [7, 11) is 0. The van der Waals surface area contributed by atoms with Crippen molar-refractivity contribution < 1.29 is 4.79 Å². The molecule has 4 rings (SSSR count). The van der Waals surface area contributed by atoms with E-state index in [1.807, 2.05) is 36.4 Å². The van der Waals surface area contributed by atoms with E-state index in [0.717, 1.165) is 28.4 Å². The van der Waals surface area contributed by atoms with Gasteiger partial charge in [0.05, 0.1) is 12.1 Å². The number of halogens is 1. The van der Waals surface area contributed by atoms with Gasteiger partial charge in [0.25, 0.3) is 5.91 Å². The van der Waals surface area contributed by atoms with Crippen molar-refractivity contribution in [1.29, 1.82) is 0 Å². The predicted molar refractivity (Wildman–Crippen MR) is 98.1 cm³/mol. The van der Waals surface area contributed by atoms with E-state index in [9.17, 15) is 4.79 Å². The SMILES string of the molecule is O=C(NC1(c2ccc(Br)cc2)CC1)c1ccc(Cn2cncn2)cc1. The van der Waals surface area contributed by atoms with Gasteiger partial charge in [0, 0.05) is 10.0 Å². The quantitative estimate of drug-likeness (QED) is 0.717. The van der Waals surface area contributed by atoms with Gasteiger partial charge in [-0.25, -0.2) is 9.67 Å². The van der Waals surface area contributed by atoms with Crippen molar-refractivity contribution in [2.75, 3.05) is 0 Å². The van der Waals surface area contributed by atoms with Gasteiger partial charge >= 0.3 is 0 Å². The first-order valence-corrected chi connectivity index (χ1v) is 8.94. The summed E-state index contributed by atoms with van der Waals surface area (Å²) >= 11 is 3.45. The highest BCUT2D eigenvalue weighted by atomic mass is 79.9. The predicted octanol–water partition coefficient (Wildman–Crippen LogP) is 3.51. The summed E-state index contributed by atoms with van der Waals surface area (Å²) in [5.74, 6) is -0.0345. The van der Waals surface area contributed by atoms with Crippen LogP contribution >= 0.6 is 15.9 Å². The number of rotatable bonds is 5. The van der Waals surface area contributed by atoms with Crippen molar-refractivity contribution in [2.45, 2.75) is 24.9 Å². The Morgan fingerprint density at radius 1 is 1.12 bits per heavy atom. The van der Waals surface area contributed by atoms with Crippen LogP contribution in [0.5, 0.6) is 0 Å².